The molecule has 1 aliphatic heterocycles. The number of pyridine rings is 1. The van der Waals surface area contributed by atoms with Gasteiger partial charge in [0.25, 0.3) is 0 Å². The van der Waals surface area contributed by atoms with Gasteiger partial charge in [-0.3, -0.25) is 4.98 Å². The molecule has 1 N–H and O–H groups in total. The molecule has 0 bridgehead atoms. The van der Waals surface area contributed by atoms with Gasteiger partial charge in [-0.05, 0) is 36.1 Å². The summed E-state index contributed by atoms with van der Waals surface area (Å²) in [5.74, 6) is 1.04. The monoisotopic (exact) mass is 254 g/mol. The van der Waals surface area contributed by atoms with Crippen LogP contribution in [-0.4, -0.2) is 17.6 Å². The maximum absolute atomic E-state index is 5.99. The Morgan fingerprint density at radius 3 is 3.05 bits per heavy atom. The van der Waals surface area contributed by atoms with Crippen molar-refractivity contribution in [1.82, 2.24) is 10.3 Å². The van der Waals surface area contributed by atoms with Crippen LogP contribution >= 0.6 is 0 Å². The zero-order chi connectivity index (χ0) is 12.9. The summed E-state index contributed by atoms with van der Waals surface area (Å²) in [6.45, 7) is 1.72. The Bertz CT molecular complexity index is 527. The van der Waals surface area contributed by atoms with Gasteiger partial charge in [-0.2, -0.15) is 0 Å². The molecule has 0 fully saturated rings. The van der Waals surface area contributed by atoms with Crippen LogP contribution in [0.3, 0.4) is 0 Å². The maximum Gasteiger partial charge on any atom is 0.122 e. The van der Waals surface area contributed by atoms with Gasteiger partial charge >= 0.3 is 0 Å². The first-order chi connectivity index (χ1) is 9.42. The molecule has 19 heavy (non-hydrogen) atoms. The van der Waals surface area contributed by atoms with Crippen LogP contribution in [0.4, 0.5) is 0 Å². The van der Waals surface area contributed by atoms with Crippen LogP contribution in [0.5, 0.6) is 5.75 Å². The summed E-state index contributed by atoms with van der Waals surface area (Å²) in [4.78, 5) is 4.11. The first kappa shape index (κ1) is 12.2. The molecule has 3 nitrogen and oxygen atoms in total. The van der Waals surface area contributed by atoms with Crippen LogP contribution in [0.25, 0.3) is 0 Å². The number of hydrogen-bond acceptors (Lipinski definition) is 3. The molecular weight excluding hydrogens is 236 g/mol. The van der Waals surface area contributed by atoms with E-state index in [0.29, 0.717) is 0 Å². The predicted molar refractivity (Wildman–Crippen MR) is 75.1 cm³/mol. The van der Waals surface area contributed by atoms with Gasteiger partial charge in [0.1, 0.15) is 11.9 Å². The number of aryl methyl sites for hydroxylation is 1. The second kappa shape index (κ2) is 5.85. The van der Waals surface area contributed by atoms with Crippen molar-refractivity contribution in [3.05, 3.63) is 59.9 Å². The fourth-order valence-electron chi connectivity index (χ4n) is 2.40. The third-order valence-corrected chi connectivity index (χ3v) is 3.43. The summed E-state index contributed by atoms with van der Waals surface area (Å²) in [7, 11) is 0. The number of hydrogen-bond donors (Lipinski definition) is 1. The highest BCUT2D eigenvalue weighted by Gasteiger charge is 2.18. The van der Waals surface area contributed by atoms with E-state index in [9.17, 15) is 0 Å². The fourth-order valence-corrected chi connectivity index (χ4v) is 2.40. The van der Waals surface area contributed by atoms with Gasteiger partial charge in [0.05, 0.1) is 0 Å². The van der Waals surface area contributed by atoms with Gasteiger partial charge in [-0.15, -0.1) is 0 Å². The highest BCUT2D eigenvalue weighted by atomic mass is 16.5. The number of rotatable bonds is 4. The molecule has 0 saturated heterocycles. The lowest BCUT2D eigenvalue weighted by atomic mass is 10.0. The summed E-state index contributed by atoms with van der Waals surface area (Å²) in [5.41, 5.74) is 2.53. The summed E-state index contributed by atoms with van der Waals surface area (Å²) in [5, 5.41) is 3.44. The van der Waals surface area contributed by atoms with Crippen molar-refractivity contribution in [2.75, 3.05) is 6.54 Å². The second-order valence-electron chi connectivity index (χ2n) is 4.88. The Kier molecular flexibility index (Phi) is 3.75. The van der Waals surface area contributed by atoms with Crippen LogP contribution in [-0.2, 0) is 13.0 Å². The number of benzene rings is 1. The normalized spacial score (nSPS) is 17.6. The quantitative estimate of drug-likeness (QED) is 0.910. The van der Waals surface area contributed by atoms with Gasteiger partial charge in [0.15, 0.2) is 0 Å². The van der Waals surface area contributed by atoms with Gasteiger partial charge in [-0.25, -0.2) is 0 Å². The topological polar surface area (TPSA) is 34.2 Å². The van der Waals surface area contributed by atoms with E-state index in [0.717, 1.165) is 31.7 Å². The van der Waals surface area contributed by atoms with Crippen LogP contribution < -0.4 is 10.1 Å². The summed E-state index contributed by atoms with van der Waals surface area (Å²) < 4.78 is 5.99. The molecule has 1 aromatic carbocycles. The molecule has 98 valence electrons. The predicted octanol–water partition coefficient (Wildman–Crippen LogP) is 2.57. The average Bonchev–Trinajstić information content (AvgIpc) is 2.48. The van der Waals surface area contributed by atoms with Gasteiger partial charge in [0, 0.05) is 25.5 Å². The number of nitrogens with zero attached hydrogens (tertiary/aromatic N) is 1. The van der Waals surface area contributed by atoms with E-state index in [1.165, 1.54) is 11.1 Å². The molecule has 1 unspecified atom stereocenters. The van der Waals surface area contributed by atoms with E-state index in [1.807, 2.05) is 18.3 Å². The van der Waals surface area contributed by atoms with Crippen molar-refractivity contribution in [2.24, 2.45) is 0 Å². The minimum Gasteiger partial charge on any atom is -0.489 e. The Balaban J connectivity index is 1.50. The lowest BCUT2D eigenvalue weighted by Crippen LogP contribution is -2.33. The molecular formula is C16H18N2O. The molecule has 2 heterocycles. The Morgan fingerprint density at radius 2 is 2.16 bits per heavy atom. The molecule has 0 saturated carbocycles. The molecule has 0 aliphatic carbocycles. The van der Waals surface area contributed by atoms with Crippen molar-refractivity contribution in [3.63, 3.8) is 0 Å². The van der Waals surface area contributed by atoms with Gasteiger partial charge < -0.3 is 10.1 Å². The van der Waals surface area contributed by atoms with E-state index in [1.54, 1.807) is 6.20 Å². The number of nitrogens with one attached hydrogen (secondary N) is 1. The van der Waals surface area contributed by atoms with Crippen molar-refractivity contribution in [3.8, 4) is 5.75 Å². The number of aromatic nitrogens is 1. The summed E-state index contributed by atoms with van der Waals surface area (Å²) in [6.07, 6.45) is 6.15. The smallest absolute Gasteiger partial charge is 0.122 e. The molecule has 0 amide bonds. The van der Waals surface area contributed by atoms with E-state index < -0.39 is 0 Å². The van der Waals surface area contributed by atoms with E-state index >= 15 is 0 Å². The maximum atomic E-state index is 5.99. The van der Waals surface area contributed by atoms with Crippen molar-refractivity contribution in [2.45, 2.75) is 25.5 Å². The largest absolute Gasteiger partial charge is 0.489 e. The van der Waals surface area contributed by atoms with Gasteiger partial charge in [0.2, 0.25) is 0 Å². The first-order valence-electron chi connectivity index (χ1n) is 6.76. The number of para-hydroxylation sites is 1. The highest BCUT2D eigenvalue weighted by molar-refractivity contribution is 5.35. The third kappa shape index (κ3) is 3.12. The zero-order valence-electron chi connectivity index (χ0n) is 10.9. The number of fused-ring (bicyclic) bond motifs is 1. The fraction of sp³-hybridized carbons (Fsp3) is 0.312. The van der Waals surface area contributed by atoms with Crippen molar-refractivity contribution in [1.29, 1.82) is 0 Å². The van der Waals surface area contributed by atoms with Crippen LogP contribution in [0.2, 0.25) is 0 Å². The molecule has 0 spiro atoms. The molecule has 2 aromatic rings. The average molecular weight is 254 g/mol. The number of ether oxygens (including phenoxy) is 1. The van der Waals surface area contributed by atoms with E-state index in [4.69, 9.17) is 4.74 Å². The molecule has 1 aliphatic rings. The lowest BCUT2D eigenvalue weighted by molar-refractivity contribution is 0.170. The van der Waals surface area contributed by atoms with Crippen LogP contribution in [0.15, 0.2) is 48.8 Å². The zero-order valence-corrected chi connectivity index (χ0v) is 10.9. The molecule has 1 aromatic heterocycles. The molecule has 3 heteroatoms. The Labute approximate surface area is 113 Å². The molecule has 0 radical (unpaired) electrons. The standard InChI is InChI=1S/C16H18N2O/c1-2-6-16-14(5-1)7-8-15(19-16)12-18-11-13-4-3-9-17-10-13/h1-6,9-10,15,18H,7-8,11-12H2. The Hall–Kier alpha value is -1.87. The minimum absolute atomic E-state index is 0.270. The Morgan fingerprint density at radius 1 is 1.21 bits per heavy atom. The summed E-state index contributed by atoms with van der Waals surface area (Å²) >= 11 is 0. The summed E-state index contributed by atoms with van der Waals surface area (Å²) in [6, 6.07) is 12.4. The second-order valence-corrected chi connectivity index (χ2v) is 4.88. The van der Waals surface area contributed by atoms with E-state index in [-0.39, 0.29) is 6.10 Å². The van der Waals surface area contributed by atoms with Gasteiger partial charge in [-0.1, -0.05) is 24.3 Å². The minimum atomic E-state index is 0.270. The van der Waals surface area contributed by atoms with Crippen LogP contribution in [0, 0.1) is 0 Å². The van der Waals surface area contributed by atoms with Crippen LogP contribution in [0.1, 0.15) is 17.5 Å². The molecule has 1 atom stereocenters. The van der Waals surface area contributed by atoms with Crippen molar-refractivity contribution >= 4 is 0 Å². The first-order valence-corrected chi connectivity index (χ1v) is 6.76. The van der Waals surface area contributed by atoms with E-state index in [2.05, 4.69) is 34.6 Å². The highest BCUT2D eigenvalue weighted by Crippen LogP contribution is 2.26. The van der Waals surface area contributed by atoms with Crippen molar-refractivity contribution < 1.29 is 4.74 Å². The SMILES string of the molecule is c1cncc(CNCC2CCc3ccccc3O2)c1. The lowest BCUT2D eigenvalue weighted by Gasteiger charge is -2.26. The third-order valence-electron chi connectivity index (χ3n) is 3.43. The molecule has 3 rings (SSSR count).